The van der Waals surface area contributed by atoms with E-state index in [4.69, 9.17) is 0 Å². The van der Waals surface area contributed by atoms with Gasteiger partial charge in [0.1, 0.15) is 6.04 Å². The number of hydrogen-bond donors (Lipinski definition) is 2. The van der Waals surface area contributed by atoms with Crippen LogP contribution in [0.1, 0.15) is 37.8 Å². The summed E-state index contributed by atoms with van der Waals surface area (Å²) in [4.78, 5) is 27.5. The molecule has 2 amide bonds. The number of carbonyl (C=O) groups is 2. The van der Waals surface area contributed by atoms with Crippen molar-refractivity contribution in [2.75, 3.05) is 5.32 Å². The molecule has 24 heavy (non-hydrogen) atoms. The van der Waals surface area contributed by atoms with Gasteiger partial charge < -0.3 is 10.6 Å². The third-order valence-corrected chi connectivity index (χ3v) is 4.95. The average molecular weight is 343 g/mol. The van der Waals surface area contributed by atoms with Gasteiger partial charge in [0, 0.05) is 17.9 Å². The number of carbonyl (C=O) groups excluding carboxylic acids is 2. The summed E-state index contributed by atoms with van der Waals surface area (Å²) in [5.74, 6) is -0.497. The molecule has 0 aliphatic heterocycles. The van der Waals surface area contributed by atoms with Crippen molar-refractivity contribution in [1.29, 1.82) is 0 Å². The van der Waals surface area contributed by atoms with Gasteiger partial charge in [-0.25, -0.2) is 4.98 Å². The van der Waals surface area contributed by atoms with Crippen LogP contribution in [0, 0.1) is 0 Å². The Morgan fingerprint density at radius 2 is 1.96 bits per heavy atom. The maximum atomic E-state index is 12.0. The normalized spacial score (nSPS) is 14.6. The molecule has 1 aliphatic rings. The molecule has 1 aromatic carbocycles. The summed E-state index contributed by atoms with van der Waals surface area (Å²) in [5, 5.41) is 7.81. The molecule has 1 aromatic heterocycles. The van der Waals surface area contributed by atoms with Crippen LogP contribution in [0.2, 0.25) is 0 Å². The van der Waals surface area contributed by atoms with Gasteiger partial charge in [0.05, 0.1) is 5.69 Å². The fraction of sp³-hybridized carbons (Fsp3) is 0.389. The predicted molar refractivity (Wildman–Crippen MR) is 96.1 cm³/mol. The van der Waals surface area contributed by atoms with E-state index in [1.165, 1.54) is 42.2 Å². The van der Waals surface area contributed by atoms with Gasteiger partial charge in [-0.15, -0.1) is 11.3 Å². The lowest BCUT2D eigenvalue weighted by Gasteiger charge is -2.16. The second-order valence-corrected chi connectivity index (χ2v) is 7.00. The Balaban J connectivity index is 1.71. The third-order valence-electron chi connectivity index (χ3n) is 4.19. The lowest BCUT2D eigenvalue weighted by atomic mass is 9.90. The zero-order chi connectivity index (χ0) is 17.1. The summed E-state index contributed by atoms with van der Waals surface area (Å²) in [7, 11) is 0. The van der Waals surface area contributed by atoms with Crippen LogP contribution >= 0.6 is 11.3 Å². The Kier molecular flexibility index (Phi) is 4.94. The minimum absolute atomic E-state index is 0.230. The molecule has 6 heteroatoms. The van der Waals surface area contributed by atoms with Crippen LogP contribution in [-0.4, -0.2) is 22.8 Å². The van der Waals surface area contributed by atoms with E-state index in [1.54, 1.807) is 6.92 Å². The first-order valence-electron chi connectivity index (χ1n) is 8.18. The molecule has 0 bridgehead atoms. The Labute approximate surface area is 145 Å². The molecule has 1 atom stereocenters. The van der Waals surface area contributed by atoms with Gasteiger partial charge in [0.25, 0.3) is 0 Å². The molecule has 0 radical (unpaired) electrons. The van der Waals surface area contributed by atoms with E-state index in [0.29, 0.717) is 5.13 Å². The van der Waals surface area contributed by atoms with E-state index in [9.17, 15) is 9.59 Å². The fourth-order valence-electron chi connectivity index (χ4n) is 2.94. The van der Waals surface area contributed by atoms with Crippen molar-refractivity contribution in [2.24, 2.45) is 0 Å². The summed E-state index contributed by atoms with van der Waals surface area (Å²) in [6.45, 7) is 3.04. The van der Waals surface area contributed by atoms with Crippen molar-refractivity contribution in [2.45, 2.75) is 45.6 Å². The van der Waals surface area contributed by atoms with Gasteiger partial charge in [0.15, 0.2) is 5.13 Å². The summed E-state index contributed by atoms with van der Waals surface area (Å²) in [6.07, 6.45) is 4.81. The predicted octanol–water partition coefficient (Wildman–Crippen LogP) is 3.15. The van der Waals surface area contributed by atoms with Gasteiger partial charge in [0.2, 0.25) is 11.8 Å². The molecule has 0 fully saturated rings. The highest BCUT2D eigenvalue weighted by Gasteiger charge is 2.16. The Morgan fingerprint density at radius 1 is 1.21 bits per heavy atom. The number of rotatable bonds is 4. The topological polar surface area (TPSA) is 71.1 Å². The zero-order valence-corrected chi connectivity index (χ0v) is 14.7. The summed E-state index contributed by atoms with van der Waals surface area (Å²) in [6, 6.07) is 5.93. The smallest absolute Gasteiger partial charge is 0.248 e. The lowest BCUT2D eigenvalue weighted by Crippen LogP contribution is -2.40. The SMILES string of the molecule is CC(=O)N[C@H](C)C(=O)Nc1nc(-c2ccc3c(c2)CCCC3)cs1. The van der Waals surface area contributed by atoms with Gasteiger partial charge in [-0.2, -0.15) is 0 Å². The number of nitrogens with one attached hydrogen (secondary N) is 2. The van der Waals surface area contributed by atoms with Crippen molar-refractivity contribution in [3.63, 3.8) is 0 Å². The Bertz CT molecular complexity index is 769. The minimum atomic E-state index is -0.585. The number of aryl methyl sites for hydroxylation is 2. The maximum Gasteiger partial charge on any atom is 0.248 e. The molecule has 3 rings (SSSR count). The van der Waals surface area contributed by atoms with Crippen molar-refractivity contribution >= 4 is 28.3 Å². The monoisotopic (exact) mass is 343 g/mol. The molecule has 0 saturated carbocycles. The number of anilines is 1. The number of aromatic nitrogens is 1. The van der Waals surface area contributed by atoms with Crippen LogP contribution in [-0.2, 0) is 22.4 Å². The fourth-order valence-corrected chi connectivity index (χ4v) is 3.66. The second-order valence-electron chi connectivity index (χ2n) is 6.14. The standard InChI is InChI=1S/C18H21N3O2S/c1-11(19-12(2)22)17(23)21-18-20-16(10-24-18)15-8-7-13-5-3-4-6-14(13)9-15/h7-11H,3-6H2,1-2H3,(H,19,22)(H,20,21,23)/t11-/m1/s1. The van der Waals surface area contributed by atoms with Crippen molar-refractivity contribution < 1.29 is 9.59 Å². The van der Waals surface area contributed by atoms with Crippen LogP contribution in [0.4, 0.5) is 5.13 Å². The second kappa shape index (κ2) is 7.13. The van der Waals surface area contributed by atoms with Gasteiger partial charge in [-0.1, -0.05) is 12.1 Å². The van der Waals surface area contributed by atoms with Crippen molar-refractivity contribution in [3.8, 4) is 11.3 Å². The largest absolute Gasteiger partial charge is 0.345 e. The molecule has 0 spiro atoms. The number of nitrogens with zero attached hydrogens (tertiary/aromatic N) is 1. The molecule has 1 heterocycles. The highest BCUT2D eigenvalue weighted by Crippen LogP contribution is 2.29. The summed E-state index contributed by atoms with van der Waals surface area (Å²) in [5.41, 5.74) is 4.81. The number of benzene rings is 1. The number of amides is 2. The number of fused-ring (bicyclic) bond motifs is 1. The van der Waals surface area contributed by atoms with E-state index in [0.717, 1.165) is 24.1 Å². The molecular formula is C18H21N3O2S. The van der Waals surface area contributed by atoms with Gasteiger partial charge in [-0.05, 0) is 49.8 Å². The molecule has 2 aromatic rings. The number of hydrogen-bond acceptors (Lipinski definition) is 4. The molecule has 0 unspecified atom stereocenters. The van der Waals surface area contributed by atoms with Crippen LogP contribution in [0.5, 0.6) is 0 Å². The van der Waals surface area contributed by atoms with E-state index in [1.807, 2.05) is 5.38 Å². The van der Waals surface area contributed by atoms with E-state index >= 15 is 0 Å². The van der Waals surface area contributed by atoms with Crippen molar-refractivity contribution in [3.05, 3.63) is 34.7 Å². The Morgan fingerprint density at radius 3 is 2.71 bits per heavy atom. The molecule has 0 saturated heterocycles. The summed E-state index contributed by atoms with van der Waals surface area (Å²) < 4.78 is 0. The average Bonchev–Trinajstić information content (AvgIpc) is 3.02. The van der Waals surface area contributed by atoms with Gasteiger partial charge >= 0.3 is 0 Å². The van der Waals surface area contributed by atoms with Crippen LogP contribution < -0.4 is 10.6 Å². The first kappa shape index (κ1) is 16.6. The minimum Gasteiger partial charge on any atom is -0.345 e. The van der Waals surface area contributed by atoms with E-state index in [2.05, 4.69) is 33.8 Å². The van der Waals surface area contributed by atoms with Crippen LogP contribution in [0.3, 0.4) is 0 Å². The molecule has 126 valence electrons. The quantitative estimate of drug-likeness (QED) is 0.896. The van der Waals surface area contributed by atoms with E-state index in [-0.39, 0.29) is 11.8 Å². The summed E-state index contributed by atoms with van der Waals surface area (Å²) >= 11 is 1.39. The third kappa shape index (κ3) is 3.82. The van der Waals surface area contributed by atoms with Crippen LogP contribution in [0.25, 0.3) is 11.3 Å². The van der Waals surface area contributed by atoms with Crippen molar-refractivity contribution in [1.82, 2.24) is 10.3 Å². The molecule has 5 nitrogen and oxygen atoms in total. The Hall–Kier alpha value is -2.21. The maximum absolute atomic E-state index is 12.0. The number of thiazole rings is 1. The highest BCUT2D eigenvalue weighted by atomic mass is 32.1. The van der Waals surface area contributed by atoms with E-state index < -0.39 is 6.04 Å². The molecule has 2 N–H and O–H groups in total. The first-order valence-corrected chi connectivity index (χ1v) is 9.06. The highest BCUT2D eigenvalue weighted by molar-refractivity contribution is 7.14. The lowest BCUT2D eigenvalue weighted by molar-refractivity contribution is -0.124. The molecule has 1 aliphatic carbocycles. The first-order chi connectivity index (χ1) is 11.5. The van der Waals surface area contributed by atoms with Gasteiger partial charge in [-0.3, -0.25) is 9.59 Å². The molecular weight excluding hydrogens is 322 g/mol. The van der Waals surface area contributed by atoms with Crippen LogP contribution in [0.15, 0.2) is 23.6 Å². The zero-order valence-electron chi connectivity index (χ0n) is 13.9.